The first kappa shape index (κ1) is 23.8. The van der Waals surface area contributed by atoms with Crippen molar-refractivity contribution in [3.63, 3.8) is 0 Å². The third-order valence-corrected chi connectivity index (χ3v) is 7.08. The molecule has 1 amide bonds. The summed E-state index contributed by atoms with van der Waals surface area (Å²) >= 11 is 1.30. The van der Waals surface area contributed by atoms with Gasteiger partial charge in [-0.25, -0.2) is 4.98 Å². The van der Waals surface area contributed by atoms with Crippen LogP contribution in [0.5, 0.6) is 11.5 Å². The zero-order valence-electron chi connectivity index (χ0n) is 19.7. The highest BCUT2D eigenvalue weighted by Crippen LogP contribution is 2.34. The summed E-state index contributed by atoms with van der Waals surface area (Å²) in [6.45, 7) is 3.94. The molecule has 3 aromatic rings. The zero-order valence-corrected chi connectivity index (χ0v) is 20.5. The number of anilines is 1. The number of ether oxygens (including phenoxy) is 2. The van der Waals surface area contributed by atoms with Crippen LogP contribution < -0.4 is 14.4 Å². The lowest BCUT2D eigenvalue weighted by Gasteiger charge is -2.41. The van der Waals surface area contributed by atoms with Crippen molar-refractivity contribution in [3.05, 3.63) is 70.2 Å². The smallest absolute Gasteiger partial charge is 0.278 e. The first-order chi connectivity index (χ1) is 16.5. The van der Waals surface area contributed by atoms with E-state index in [0.29, 0.717) is 22.2 Å². The second kappa shape index (κ2) is 10.7. The van der Waals surface area contributed by atoms with E-state index in [1.807, 2.05) is 23.1 Å². The molecule has 1 aromatic heterocycles. The molecule has 4 rings (SSSR count). The molecule has 2 atom stereocenters. The molecule has 0 aliphatic carbocycles. The molecule has 7 heteroatoms. The van der Waals surface area contributed by atoms with E-state index < -0.39 is 0 Å². The lowest BCUT2D eigenvalue weighted by molar-refractivity contribution is 0.0935. The van der Waals surface area contributed by atoms with Gasteiger partial charge < -0.3 is 14.4 Å². The summed E-state index contributed by atoms with van der Waals surface area (Å²) < 4.78 is 11.0. The van der Waals surface area contributed by atoms with E-state index in [9.17, 15) is 4.79 Å². The standard InChI is InChI=1S/C27H29N3O3S/c1-5-26-28-25(18-34-26)27(31)30(22-14-23(32-3)16-24(15-22)33-4)21-12-9-13-29(17-21)19(2)20-10-7-6-8-11-20/h1,6-8,10-11,14-16,18-19,21H,9,12-13,17H2,2-4H3. The second-order valence-corrected chi connectivity index (χ2v) is 9.16. The fourth-order valence-corrected chi connectivity index (χ4v) is 5.07. The van der Waals surface area contributed by atoms with E-state index in [1.54, 1.807) is 25.7 Å². The number of aromatic nitrogens is 1. The molecular formula is C27H29N3O3S. The molecule has 1 aliphatic heterocycles. The van der Waals surface area contributed by atoms with Crippen molar-refractivity contribution >= 4 is 22.9 Å². The molecule has 1 aliphatic rings. The molecule has 2 heterocycles. The maximum atomic E-state index is 13.8. The summed E-state index contributed by atoms with van der Waals surface area (Å²) in [7, 11) is 3.21. The summed E-state index contributed by atoms with van der Waals surface area (Å²) in [6.07, 6.45) is 7.38. The van der Waals surface area contributed by atoms with E-state index in [4.69, 9.17) is 15.9 Å². The number of rotatable bonds is 7. The number of carbonyl (C=O) groups is 1. The fraction of sp³-hybridized carbons (Fsp3) is 0.333. The number of amides is 1. The Balaban J connectivity index is 1.70. The Bertz CT molecular complexity index is 1150. The number of terminal acetylenes is 1. The molecule has 1 fully saturated rings. The molecule has 1 saturated heterocycles. The number of hydrogen-bond donors (Lipinski definition) is 0. The van der Waals surface area contributed by atoms with Crippen LogP contribution in [-0.2, 0) is 0 Å². The molecule has 2 aromatic carbocycles. The van der Waals surface area contributed by atoms with Gasteiger partial charge in [-0.15, -0.1) is 17.8 Å². The van der Waals surface area contributed by atoms with Crippen LogP contribution >= 0.6 is 11.3 Å². The Labute approximate surface area is 205 Å². The van der Waals surface area contributed by atoms with Gasteiger partial charge in [-0.1, -0.05) is 30.3 Å². The highest BCUT2D eigenvalue weighted by Gasteiger charge is 2.33. The summed E-state index contributed by atoms with van der Waals surface area (Å²) in [5.41, 5.74) is 2.34. The van der Waals surface area contributed by atoms with Crippen molar-refractivity contribution in [3.8, 4) is 23.8 Å². The van der Waals surface area contributed by atoms with Gasteiger partial charge in [0.25, 0.3) is 5.91 Å². The minimum absolute atomic E-state index is 0.0415. The van der Waals surface area contributed by atoms with Crippen LogP contribution in [-0.4, -0.2) is 49.1 Å². The first-order valence-electron chi connectivity index (χ1n) is 11.3. The average Bonchev–Trinajstić information content (AvgIpc) is 3.38. The van der Waals surface area contributed by atoms with Crippen molar-refractivity contribution in [1.29, 1.82) is 0 Å². The molecule has 2 unspecified atom stereocenters. The fourth-order valence-electron chi connectivity index (χ4n) is 4.48. The molecule has 0 bridgehead atoms. The molecule has 0 radical (unpaired) electrons. The number of benzene rings is 2. The van der Waals surface area contributed by atoms with E-state index in [-0.39, 0.29) is 18.0 Å². The predicted octanol–water partition coefficient (Wildman–Crippen LogP) is 5.01. The Kier molecular flexibility index (Phi) is 7.51. The van der Waals surface area contributed by atoms with E-state index >= 15 is 0 Å². The Hall–Kier alpha value is -3.34. The normalized spacial score (nSPS) is 16.9. The number of piperidine rings is 1. The first-order valence-corrected chi connectivity index (χ1v) is 12.2. The van der Waals surface area contributed by atoms with Gasteiger partial charge in [-0.05, 0) is 37.8 Å². The number of methoxy groups -OCH3 is 2. The van der Waals surface area contributed by atoms with Gasteiger partial charge in [0.05, 0.1) is 25.9 Å². The van der Waals surface area contributed by atoms with Crippen molar-refractivity contribution in [2.75, 3.05) is 32.2 Å². The van der Waals surface area contributed by atoms with E-state index in [0.717, 1.165) is 31.6 Å². The van der Waals surface area contributed by atoms with Crippen LogP contribution in [0.1, 0.15) is 46.9 Å². The van der Waals surface area contributed by atoms with Crippen molar-refractivity contribution in [2.24, 2.45) is 0 Å². The molecular weight excluding hydrogens is 446 g/mol. The van der Waals surface area contributed by atoms with E-state index in [2.05, 4.69) is 47.0 Å². The van der Waals surface area contributed by atoms with Crippen LogP contribution in [0, 0.1) is 12.3 Å². The maximum absolute atomic E-state index is 13.8. The summed E-state index contributed by atoms with van der Waals surface area (Å²) in [5.74, 6) is 3.60. The summed E-state index contributed by atoms with van der Waals surface area (Å²) in [6, 6.07) is 16.2. The number of carbonyl (C=O) groups excluding carboxylic acids is 1. The maximum Gasteiger partial charge on any atom is 0.278 e. The average molecular weight is 476 g/mol. The number of thiazole rings is 1. The molecule has 34 heavy (non-hydrogen) atoms. The van der Waals surface area contributed by atoms with Crippen LogP contribution in [0.15, 0.2) is 53.9 Å². The van der Waals surface area contributed by atoms with Gasteiger partial charge >= 0.3 is 0 Å². The molecule has 176 valence electrons. The quantitative estimate of drug-likeness (QED) is 0.450. The largest absolute Gasteiger partial charge is 0.497 e. The number of hydrogen-bond acceptors (Lipinski definition) is 6. The van der Waals surface area contributed by atoms with Crippen LogP contribution in [0.3, 0.4) is 0 Å². The van der Waals surface area contributed by atoms with Gasteiger partial charge in [0, 0.05) is 36.2 Å². The van der Waals surface area contributed by atoms with Crippen molar-refractivity contribution < 1.29 is 14.3 Å². The lowest BCUT2D eigenvalue weighted by atomic mass is 9.98. The van der Waals surface area contributed by atoms with Gasteiger partial charge in [0.15, 0.2) is 5.01 Å². The van der Waals surface area contributed by atoms with Crippen LogP contribution in [0.2, 0.25) is 0 Å². The minimum atomic E-state index is -0.174. The van der Waals surface area contributed by atoms with E-state index in [1.165, 1.54) is 16.9 Å². The SMILES string of the molecule is C#Cc1nc(C(=O)N(c2cc(OC)cc(OC)c2)C2CCCN(C(C)c3ccccc3)C2)cs1. The number of likely N-dealkylation sites (tertiary alicyclic amines) is 1. The van der Waals surface area contributed by atoms with Crippen LogP contribution in [0.25, 0.3) is 0 Å². The third-order valence-electron chi connectivity index (χ3n) is 6.30. The number of nitrogens with zero attached hydrogens (tertiary/aromatic N) is 3. The molecule has 0 spiro atoms. The van der Waals surface area contributed by atoms with Gasteiger partial charge in [-0.3, -0.25) is 9.69 Å². The van der Waals surface area contributed by atoms with Gasteiger partial charge in [0.2, 0.25) is 0 Å². The summed E-state index contributed by atoms with van der Waals surface area (Å²) in [5, 5.41) is 2.23. The highest BCUT2D eigenvalue weighted by molar-refractivity contribution is 7.10. The lowest BCUT2D eigenvalue weighted by Crippen LogP contribution is -2.51. The molecule has 0 saturated carbocycles. The van der Waals surface area contributed by atoms with Crippen molar-refractivity contribution in [1.82, 2.24) is 9.88 Å². The highest BCUT2D eigenvalue weighted by atomic mass is 32.1. The Morgan fingerprint density at radius 2 is 1.91 bits per heavy atom. The minimum Gasteiger partial charge on any atom is -0.497 e. The Morgan fingerprint density at radius 3 is 2.53 bits per heavy atom. The van der Waals surface area contributed by atoms with Gasteiger partial charge in [-0.2, -0.15) is 0 Å². The topological polar surface area (TPSA) is 54.9 Å². The third kappa shape index (κ3) is 5.09. The molecule has 6 nitrogen and oxygen atoms in total. The molecule has 0 N–H and O–H groups in total. The second-order valence-electron chi connectivity index (χ2n) is 8.31. The zero-order chi connectivity index (χ0) is 24.1. The van der Waals surface area contributed by atoms with Gasteiger partial charge in [0.1, 0.15) is 17.2 Å². The predicted molar refractivity (Wildman–Crippen MR) is 136 cm³/mol. The van der Waals surface area contributed by atoms with Crippen molar-refractivity contribution in [2.45, 2.75) is 31.8 Å². The summed E-state index contributed by atoms with van der Waals surface area (Å²) in [4.78, 5) is 22.5. The Morgan fingerprint density at radius 1 is 1.21 bits per heavy atom. The monoisotopic (exact) mass is 475 g/mol. The van der Waals surface area contributed by atoms with Crippen LogP contribution in [0.4, 0.5) is 5.69 Å².